The van der Waals surface area contributed by atoms with Gasteiger partial charge in [0.15, 0.2) is 4.73 Å². The Morgan fingerprint density at radius 3 is 2.71 bits per heavy atom. The molecule has 0 aliphatic carbocycles. The lowest BCUT2D eigenvalue weighted by Crippen LogP contribution is -2.06. The maximum absolute atomic E-state index is 4.49. The van der Waals surface area contributed by atoms with Crippen molar-refractivity contribution in [2.24, 2.45) is 0 Å². The van der Waals surface area contributed by atoms with Crippen LogP contribution in [0.15, 0.2) is 22.9 Å². The van der Waals surface area contributed by atoms with Crippen LogP contribution in [0.1, 0.15) is 16.8 Å². The molecule has 17 heavy (non-hydrogen) atoms. The van der Waals surface area contributed by atoms with Crippen molar-refractivity contribution in [2.75, 3.05) is 7.05 Å². The first kappa shape index (κ1) is 12.3. The van der Waals surface area contributed by atoms with Gasteiger partial charge in [-0.2, -0.15) is 0 Å². The van der Waals surface area contributed by atoms with Crippen LogP contribution in [-0.4, -0.2) is 17.0 Å². The third-order valence-electron chi connectivity index (χ3n) is 2.88. The van der Waals surface area contributed by atoms with Crippen LogP contribution >= 0.6 is 15.9 Å². The smallest absolute Gasteiger partial charge is 0.175 e. The molecule has 0 saturated heterocycles. The van der Waals surface area contributed by atoms with Crippen molar-refractivity contribution >= 4 is 15.9 Å². The molecule has 2 rings (SSSR count). The van der Waals surface area contributed by atoms with Crippen LogP contribution in [0, 0.1) is 13.8 Å². The normalized spacial score (nSPS) is 10.8. The van der Waals surface area contributed by atoms with Crippen LogP contribution in [0.3, 0.4) is 0 Å². The third kappa shape index (κ3) is 2.58. The van der Waals surface area contributed by atoms with E-state index in [0.717, 1.165) is 28.2 Å². The molecule has 1 aromatic heterocycles. The molecule has 1 heterocycles. The Hall–Kier alpha value is -1.13. The molecule has 0 fully saturated rings. The molecule has 2 N–H and O–H groups in total. The highest BCUT2D eigenvalue weighted by Gasteiger charge is 2.10. The number of rotatable bonds is 3. The lowest BCUT2D eigenvalue weighted by molar-refractivity contribution is 0.797. The van der Waals surface area contributed by atoms with Crippen molar-refractivity contribution in [1.82, 2.24) is 15.3 Å². The minimum atomic E-state index is 0.774. The average molecular weight is 294 g/mol. The minimum Gasteiger partial charge on any atom is -0.335 e. The van der Waals surface area contributed by atoms with Crippen molar-refractivity contribution in [3.63, 3.8) is 0 Å². The van der Waals surface area contributed by atoms with E-state index in [1.807, 2.05) is 7.05 Å². The molecule has 1 aromatic carbocycles. The number of aromatic amines is 1. The number of halogens is 1. The molecule has 0 atom stereocenters. The van der Waals surface area contributed by atoms with E-state index in [2.05, 4.69) is 63.3 Å². The Kier molecular flexibility index (Phi) is 3.64. The number of benzene rings is 1. The summed E-state index contributed by atoms with van der Waals surface area (Å²) in [5, 5.41) is 3.14. The third-order valence-corrected chi connectivity index (χ3v) is 3.26. The topological polar surface area (TPSA) is 40.7 Å². The summed E-state index contributed by atoms with van der Waals surface area (Å²) in [6.07, 6.45) is 0. The molecule has 0 saturated carbocycles. The van der Waals surface area contributed by atoms with Gasteiger partial charge in [-0.15, -0.1) is 0 Å². The second kappa shape index (κ2) is 5.02. The highest BCUT2D eigenvalue weighted by atomic mass is 79.9. The van der Waals surface area contributed by atoms with Crippen LogP contribution in [0.25, 0.3) is 11.3 Å². The number of nitrogens with zero attached hydrogens (tertiary/aromatic N) is 1. The highest BCUT2D eigenvalue weighted by molar-refractivity contribution is 9.10. The van der Waals surface area contributed by atoms with Crippen molar-refractivity contribution in [3.8, 4) is 11.3 Å². The SMILES string of the molecule is CNCc1[nH]c(Br)nc1-c1ccc(C)c(C)c1. The molecular weight excluding hydrogens is 278 g/mol. The number of H-pyrrole nitrogens is 1. The van der Waals surface area contributed by atoms with Crippen molar-refractivity contribution in [2.45, 2.75) is 20.4 Å². The fourth-order valence-corrected chi connectivity index (χ4v) is 2.23. The van der Waals surface area contributed by atoms with E-state index >= 15 is 0 Å². The summed E-state index contributed by atoms with van der Waals surface area (Å²) in [5.41, 5.74) is 5.85. The van der Waals surface area contributed by atoms with E-state index < -0.39 is 0 Å². The number of imidazole rings is 1. The minimum absolute atomic E-state index is 0.774. The maximum Gasteiger partial charge on any atom is 0.175 e. The lowest BCUT2D eigenvalue weighted by atomic mass is 10.0. The summed E-state index contributed by atoms with van der Waals surface area (Å²) >= 11 is 3.39. The summed E-state index contributed by atoms with van der Waals surface area (Å²) < 4.78 is 0.774. The number of nitrogens with one attached hydrogen (secondary N) is 2. The van der Waals surface area contributed by atoms with Gasteiger partial charge in [-0.25, -0.2) is 4.98 Å². The molecule has 4 heteroatoms. The fraction of sp³-hybridized carbons (Fsp3) is 0.308. The fourth-order valence-electron chi connectivity index (χ4n) is 1.81. The zero-order chi connectivity index (χ0) is 12.4. The quantitative estimate of drug-likeness (QED) is 0.913. The average Bonchev–Trinajstić information content (AvgIpc) is 2.64. The van der Waals surface area contributed by atoms with E-state index in [0.29, 0.717) is 0 Å². The molecule has 0 radical (unpaired) electrons. The Bertz CT molecular complexity index is 531. The molecule has 2 aromatic rings. The van der Waals surface area contributed by atoms with Crippen LogP contribution < -0.4 is 5.32 Å². The zero-order valence-electron chi connectivity index (χ0n) is 10.3. The van der Waals surface area contributed by atoms with Gasteiger partial charge in [0.1, 0.15) is 0 Å². The van der Waals surface area contributed by atoms with E-state index in [4.69, 9.17) is 0 Å². The molecule has 0 unspecified atom stereocenters. The van der Waals surface area contributed by atoms with Crippen LogP contribution in [0.4, 0.5) is 0 Å². The van der Waals surface area contributed by atoms with E-state index in [1.165, 1.54) is 11.1 Å². The zero-order valence-corrected chi connectivity index (χ0v) is 11.9. The predicted molar refractivity (Wildman–Crippen MR) is 74.0 cm³/mol. The maximum atomic E-state index is 4.49. The standard InChI is InChI=1S/C13H16BrN3/c1-8-4-5-10(6-9(8)2)12-11(7-15-3)16-13(14)17-12/h4-6,15H,7H2,1-3H3,(H,16,17). The van der Waals surface area contributed by atoms with Crippen molar-refractivity contribution < 1.29 is 0 Å². The summed E-state index contributed by atoms with van der Waals surface area (Å²) in [6.45, 7) is 5.02. The van der Waals surface area contributed by atoms with Gasteiger partial charge in [-0.1, -0.05) is 12.1 Å². The number of aromatic nitrogens is 2. The number of aryl methyl sites for hydroxylation is 2. The Morgan fingerprint density at radius 1 is 1.29 bits per heavy atom. The van der Waals surface area contributed by atoms with E-state index in [1.54, 1.807) is 0 Å². The molecule has 0 spiro atoms. The van der Waals surface area contributed by atoms with Crippen LogP contribution in [0.2, 0.25) is 0 Å². The second-order valence-corrected chi connectivity index (χ2v) is 4.94. The molecular formula is C13H16BrN3. The summed E-state index contributed by atoms with van der Waals surface area (Å²) in [5.74, 6) is 0. The molecule has 0 aliphatic heterocycles. The van der Waals surface area contributed by atoms with Gasteiger partial charge in [0.05, 0.1) is 11.4 Å². The van der Waals surface area contributed by atoms with Gasteiger partial charge < -0.3 is 10.3 Å². The first-order valence-corrected chi connectivity index (χ1v) is 6.37. The molecule has 0 amide bonds. The van der Waals surface area contributed by atoms with Gasteiger partial charge in [0.25, 0.3) is 0 Å². The van der Waals surface area contributed by atoms with Gasteiger partial charge in [0.2, 0.25) is 0 Å². The molecule has 0 bridgehead atoms. The summed E-state index contributed by atoms with van der Waals surface area (Å²) in [6, 6.07) is 6.43. The predicted octanol–water partition coefficient (Wildman–Crippen LogP) is 3.18. The number of hydrogen-bond donors (Lipinski definition) is 2. The van der Waals surface area contributed by atoms with Gasteiger partial charge in [-0.3, -0.25) is 0 Å². The summed E-state index contributed by atoms with van der Waals surface area (Å²) in [7, 11) is 1.93. The van der Waals surface area contributed by atoms with Crippen molar-refractivity contribution in [3.05, 3.63) is 39.8 Å². The molecule has 0 aliphatic rings. The molecule has 3 nitrogen and oxygen atoms in total. The van der Waals surface area contributed by atoms with Crippen molar-refractivity contribution in [1.29, 1.82) is 0 Å². The van der Waals surface area contributed by atoms with Gasteiger partial charge in [-0.05, 0) is 54.0 Å². The molecule has 90 valence electrons. The lowest BCUT2D eigenvalue weighted by Gasteiger charge is -2.05. The summed E-state index contributed by atoms with van der Waals surface area (Å²) in [4.78, 5) is 7.71. The van der Waals surface area contributed by atoms with Crippen LogP contribution in [0.5, 0.6) is 0 Å². The van der Waals surface area contributed by atoms with Gasteiger partial charge >= 0.3 is 0 Å². The van der Waals surface area contributed by atoms with Gasteiger partial charge in [0, 0.05) is 12.1 Å². The van der Waals surface area contributed by atoms with Crippen LogP contribution in [-0.2, 0) is 6.54 Å². The first-order valence-electron chi connectivity index (χ1n) is 5.58. The largest absolute Gasteiger partial charge is 0.335 e. The Morgan fingerprint density at radius 2 is 2.06 bits per heavy atom. The Labute approximate surface area is 110 Å². The monoisotopic (exact) mass is 293 g/mol. The number of hydrogen-bond acceptors (Lipinski definition) is 2. The van der Waals surface area contributed by atoms with E-state index in [-0.39, 0.29) is 0 Å². The first-order chi connectivity index (χ1) is 8.11. The van der Waals surface area contributed by atoms with E-state index in [9.17, 15) is 0 Å². The second-order valence-electron chi connectivity index (χ2n) is 4.18. The highest BCUT2D eigenvalue weighted by Crippen LogP contribution is 2.25. The Balaban J connectivity index is 2.47.